The number of imidazole rings is 1. The van der Waals surface area contributed by atoms with Crippen LogP contribution in [0, 0.1) is 0 Å². The number of para-hydroxylation sites is 3. The highest BCUT2D eigenvalue weighted by Gasteiger charge is 2.31. The summed E-state index contributed by atoms with van der Waals surface area (Å²) in [5, 5.41) is 3.31. The Kier molecular flexibility index (Phi) is 9.27. The number of hydrogen-bond acceptors (Lipinski definition) is 6. The fourth-order valence-corrected chi connectivity index (χ4v) is 5.58. The van der Waals surface area contributed by atoms with Gasteiger partial charge in [0.25, 0.3) is 5.91 Å². The monoisotopic (exact) mass is 604 g/mol. The number of rotatable bonds is 11. The zero-order valence-corrected chi connectivity index (χ0v) is 25.2. The molecule has 0 saturated carbocycles. The molecule has 9 nitrogen and oxygen atoms in total. The third-order valence-electron chi connectivity index (χ3n) is 7.72. The second-order valence-electron chi connectivity index (χ2n) is 10.6. The first-order valence-corrected chi connectivity index (χ1v) is 15.1. The van der Waals surface area contributed by atoms with Crippen molar-refractivity contribution in [2.75, 3.05) is 46.5 Å². The van der Waals surface area contributed by atoms with Crippen LogP contribution in [0.25, 0.3) is 16.9 Å². The molecule has 1 saturated heterocycles. The number of methoxy groups -OCH3 is 1. The molecule has 2 heterocycles. The molecule has 6 rings (SSSR count). The van der Waals surface area contributed by atoms with Gasteiger partial charge in [0.2, 0.25) is 0 Å². The summed E-state index contributed by atoms with van der Waals surface area (Å²) in [6.07, 6.45) is 0. The van der Waals surface area contributed by atoms with Crippen LogP contribution in [-0.4, -0.2) is 66.4 Å². The predicted molar refractivity (Wildman–Crippen MR) is 174 cm³/mol. The lowest BCUT2D eigenvalue weighted by Gasteiger charge is -2.28. The Balaban J connectivity index is 1.40. The standard InChI is InChI=1S/C36H36N4O5/c1-43-32-18-9-8-17-31(32)40-33(28-12-4-2-5-13-28)34(35(41)38-21-19-37-20-22-38)39(36(40)42)26-27-11-10-16-30(25-27)45-24-23-44-29-14-6-3-7-15-29/h2-18,25,37H,19-24,26H2,1H3. The molecular formula is C36H36N4O5. The van der Waals surface area contributed by atoms with Crippen LogP contribution in [0.15, 0.2) is 114 Å². The van der Waals surface area contributed by atoms with Gasteiger partial charge in [-0.3, -0.25) is 13.9 Å². The van der Waals surface area contributed by atoms with Gasteiger partial charge in [-0.25, -0.2) is 4.79 Å². The molecule has 1 aliphatic heterocycles. The fraction of sp³-hybridized carbons (Fsp3) is 0.222. The minimum absolute atomic E-state index is 0.172. The van der Waals surface area contributed by atoms with E-state index in [0.29, 0.717) is 68.0 Å². The van der Waals surface area contributed by atoms with E-state index in [1.165, 1.54) is 0 Å². The van der Waals surface area contributed by atoms with E-state index in [0.717, 1.165) is 16.9 Å². The fourth-order valence-electron chi connectivity index (χ4n) is 5.58. The van der Waals surface area contributed by atoms with Crippen molar-refractivity contribution < 1.29 is 19.0 Å². The van der Waals surface area contributed by atoms with Crippen molar-refractivity contribution in [1.29, 1.82) is 0 Å². The zero-order valence-electron chi connectivity index (χ0n) is 25.2. The first kappa shape index (κ1) is 29.8. The summed E-state index contributed by atoms with van der Waals surface area (Å²) in [5.74, 6) is 1.78. The van der Waals surface area contributed by atoms with E-state index >= 15 is 0 Å². The van der Waals surface area contributed by atoms with Crippen LogP contribution in [0.1, 0.15) is 16.1 Å². The molecule has 0 atom stereocenters. The molecule has 0 unspecified atom stereocenters. The number of carbonyl (C=O) groups excluding carboxylic acids is 1. The highest BCUT2D eigenvalue weighted by atomic mass is 16.5. The summed E-state index contributed by atoms with van der Waals surface area (Å²) in [5.41, 5.74) is 2.67. The number of piperazine rings is 1. The Hall–Kier alpha value is -5.28. The summed E-state index contributed by atoms with van der Waals surface area (Å²) < 4.78 is 20.6. The second-order valence-corrected chi connectivity index (χ2v) is 10.6. The molecule has 1 fully saturated rings. The third kappa shape index (κ3) is 6.63. The first-order valence-electron chi connectivity index (χ1n) is 15.1. The maximum atomic E-state index is 14.5. The number of ether oxygens (including phenoxy) is 3. The molecule has 230 valence electrons. The van der Waals surface area contributed by atoms with Crippen molar-refractivity contribution in [1.82, 2.24) is 19.4 Å². The van der Waals surface area contributed by atoms with Crippen LogP contribution in [-0.2, 0) is 6.54 Å². The number of amides is 1. The Morgan fingerprint density at radius 1 is 0.778 bits per heavy atom. The summed E-state index contributed by atoms with van der Waals surface area (Å²) in [4.78, 5) is 30.7. The van der Waals surface area contributed by atoms with E-state index < -0.39 is 0 Å². The topological polar surface area (TPSA) is 87.0 Å². The quantitative estimate of drug-likeness (QED) is 0.217. The number of nitrogens with one attached hydrogen (secondary N) is 1. The second kappa shape index (κ2) is 14.0. The molecule has 5 aromatic rings. The number of hydrogen-bond donors (Lipinski definition) is 1. The summed E-state index contributed by atoms with van der Waals surface area (Å²) in [7, 11) is 1.58. The molecule has 0 bridgehead atoms. The van der Waals surface area contributed by atoms with Crippen LogP contribution >= 0.6 is 0 Å². The minimum Gasteiger partial charge on any atom is -0.495 e. The molecule has 1 N–H and O–H groups in total. The molecule has 1 aliphatic rings. The summed E-state index contributed by atoms with van der Waals surface area (Å²) in [6, 6.07) is 34.1. The molecule has 9 heteroatoms. The van der Waals surface area contributed by atoms with Gasteiger partial charge in [-0.15, -0.1) is 0 Å². The Morgan fingerprint density at radius 2 is 1.42 bits per heavy atom. The zero-order chi connectivity index (χ0) is 31.0. The van der Waals surface area contributed by atoms with Crippen molar-refractivity contribution in [3.05, 3.63) is 131 Å². The van der Waals surface area contributed by atoms with E-state index in [4.69, 9.17) is 14.2 Å². The first-order chi connectivity index (χ1) is 22.1. The molecule has 0 radical (unpaired) electrons. The van der Waals surface area contributed by atoms with Crippen molar-refractivity contribution >= 4 is 5.91 Å². The van der Waals surface area contributed by atoms with Gasteiger partial charge in [0.1, 0.15) is 36.2 Å². The maximum absolute atomic E-state index is 14.5. The van der Waals surface area contributed by atoms with E-state index in [9.17, 15) is 9.59 Å². The van der Waals surface area contributed by atoms with E-state index in [-0.39, 0.29) is 18.1 Å². The summed E-state index contributed by atoms with van der Waals surface area (Å²) in [6.45, 7) is 3.40. The predicted octanol–water partition coefficient (Wildman–Crippen LogP) is 4.87. The molecule has 1 amide bonds. The number of carbonyl (C=O) groups is 1. The minimum atomic E-state index is -0.334. The molecule has 1 aromatic heterocycles. The third-order valence-corrected chi connectivity index (χ3v) is 7.72. The highest BCUT2D eigenvalue weighted by molar-refractivity contribution is 5.99. The SMILES string of the molecule is COc1ccccc1-n1c(-c2ccccc2)c(C(=O)N2CCNCC2)n(Cc2cccc(OCCOc3ccccc3)c2)c1=O. The average Bonchev–Trinajstić information content (AvgIpc) is 3.38. The van der Waals surface area contributed by atoms with Crippen LogP contribution in [0.2, 0.25) is 0 Å². The molecular weight excluding hydrogens is 568 g/mol. The summed E-state index contributed by atoms with van der Waals surface area (Å²) >= 11 is 0. The largest absolute Gasteiger partial charge is 0.495 e. The van der Waals surface area contributed by atoms with Gasteiger partial charge >= 0.3 is 5.69 Å². The lowest BCUT2D eigenvalue weighted by atomic mass is 10.1. The lowest BCUT2D eigenvalue weighted by Crippen LogP contribution is -2.47. The smallest absolute Gasteiger partial charge is 0.334 e. The van der Waals surface area contributed by atoms with Gasteiger partial charge in [0.15, 0.2) is 0 Å². The Morgan fingerprint density at radius 3 is 2.16 bits per heavy atom. The van der Waals surface area contributed by atoms with Crippen molar-refractivity contribution in [2.45, 2.75) is 6.54 Å². The van der Waals surface area contributed by atoms with Gasteiger partial charge in [0, 0.05) is 31.7 Å². The number of aromatic nitrogens is 2. The Bertz CT molecular complexity index is 1790. The molecule has 0 aliphatic carbocycles. The Labute approximate surface area is 262 Å². The number of nitrogens with zero attached hydrogens (tertiary/aromatic N) is 3. The maximum Gasteiger partial charge on any atom is 0.334 e. The van der Waals surface area contributed by atoms with E-state index in [1.54, 1.807) is 16.2 Å². The van der Waals surface area contributed by atoms with Crippen LogP contribution < -0.4 is 25.2 Å². The van der Waals surface area contributed by atoms with Crippen molar-refractivity contribution in [3.8, 4) is 34.2 Å². The van der Waals surface area contributed by atoms with Crippen molar-refractivity contribution in [3.63, 3.8) is 0 Å². The normalized spacial score (nSPS) is 13.0. The van der Waals surface area contributed by atoms with Gasteiger partial charge in [-0.2, -0.15) is 0 Å². The average molecular weight is 605 g/mol. The van der Waals surface area contributed by atoms with Gasteiger partial charge in [0.05, 0.1) is 25.0 Å². The van der Waals surface area contributed by atoms with Crippen molar-refractivity contribution in [2.24, 2.45) is 0 Å². The van der Waals surface area contributed by atoms with E-state index in [1.807, 2.05) is 114 Å². The van der Waals surface area contributed by atoms with Crippen LogP contribution in [0.3, 0.4) is 0 Å². The van der Waals surface area contributed by atoms with Gasteiger partial charge in [-0.1, -0.05) is 72.8 Å². The number of benzene rings is 4. The molecule has 45 heavy (non-hydrogen) atoms. The van der Waals surface area contributed by atoms with Gasteiger partial charge in [-0.05, 0) is 42.0 Å². The van der Waals surface area contributed by atoms with Crippen LogP contribution in [0.5, 0.6) is 17.2 Å². The molecule has 0 spiro atoms. The highest BCUT2D eigenvalue weighted by Crippen LogP contribution is 2.32. The van der Waals surface area contributed by atoms with Crippen LogP contribution in [0.4, 0.5) is 0 Å². The lowest BCUT2D eigenvalue weighted by molar-refractivity contribution is 0.0725. The van der Waals surface area contributed by atoms with E-state index in [2.05, 4.69) is 5.32 Å². The van der Waals surface area contributed by atoms with Gasteiger partial charge < -0.3 is 24.4 Å². The molecule has 4 aromatic carbocycles.